The number of halogens is 1. The highest BCUT2D eigenvalue weighted by atomic mass is 19.1. The first-order chi connectivity index (χ1) is 9.01. The summed E-state index contributed by atoms with van der Waals surface area (Å²) in [4.78, 5) is 11.7. The van der Waals surface area contributed by atoms with Gasteiger partial charge in [0.05, 0.1) is 0 Å². The van der Waals surface area contributed by atoms with Crippen molar-refractivity contribution in [3.05, 3.63) is 30.1 Å². The summed E-state index contributed by atoms with van der Waals surface area (Å²) in [6, 6.07) is 5.50. The molecule has 1 unspecified atom stereocenters. The summed E-state index contributed by atoms with van der Waals surface area (Å²) in [6.45, 7) is 4.45. The molecule has 106 valence electrons. The number of amides is 1. The highest BCUT2D eigenvalue weighted by Gasteiger charge is 2.12. The fraction of sp³-hybridized carbons (Fsp3) is 0.500. The Hall–Kier alpha value is -1.62. The van der Waals surface area contributed by atoms with Gasteiger partial charge in [-0.05, 0) is 36.6 Å². The number of hydrogen-bond donors (Lipinski definition) is 2. The summed E-state index contributed by atoms with van der Waals surface area (Å²) >= 11 is 0. The van der Waals surface area contributed by atoms with E-state index in [0.29, 0.717) is 18.2 Å². The van der Waals surface area contributed by atoms with Crippen LogP contribution in [0.5, 0.6) is 5.75 Å². The van der Waals surface area contributed by atoms with E-state index in [1.165, 1.54) is 24.3 Å². The Balaban J connectivity index is 2.36. The van der Waals surface area contributed by atoms with Gasteiger partial charge in [0.1, 0.15) is 11.6 Å². The summed E-state index contributed by atoms with van der Waals surface area (Å²) in [5.41, 5.74) is 5.60. The molecule has 0 fully saturated rings. The van der Waals surface area contributed by atoms with Crippen LogP contribution in [0.25, 0.3) is 0 Å². The minimum absolute atomic E-state index is 0.0377. The van der Waals surface area contributed by atoms with Crippen LogP contribution in [-0.4, -0.2) is 25.1 Å². The van der Waals surface area contributed by atoms with Gasteiger partial charge in [-0.2, -0.15) is 0 Å². The molecule has 1 aromatic rings. The molecule has 0 aliphatic heterocycles. The van der Waals surface area contributed by atoms with Crippen molar-refractivity contribution in [2.45, 2.75) is 26.3 Å². The Morgan fingerprint density at radius 1 is 1.37 bits per heavy atom. The predicted octanol–water partition coefficient (Wildman–Crippen LogP) is 1.69. The number of nitrogens with two attached hydrogens (primary N) is 1. The summed E-state index contributed by atoms with van der Waals surface area (Å²) < 4.78 is 17.9. The molecule has 0 saturated carbocycles. The second-order valence-electron chi connectivity index (χ2n) is 4.87. The molecule has 4 nitrogen and oxygen atoms in total. The molecule has 3 N–H and O–H groups in total. The van der Waals surface area contributed by atoms with Crippen LogP contribution in [0, 0.1) is 11.7 Å². The van der Waals surface area contributed by atoms with E-state index in [0.717, 1.165) is 6.42 Å². The van der Waals surface area contributed by atoms with E-state index in [4.69, 9.17) is 10.5 Å². The van der Waals surface area contributed by atoms with Crippen LogP contribution in [0.1, 0.15) is 20.3 Å². The lowest BCUT2D eigenvalue weighted by Gasteiger charge is -2.18. The van der Waals surface area contributed by atoms with Crippen molar-refractivity contribution in [1.29, 1.82) is 0 Å². The van der Waals surface area contributed by atoms with Crippen LogP contribution < -0.4 is 15.8 Å². The van der Waals surface area contributed by atoms with Gasteiger partial charge in [-0.25, -0.2) is 4.39 Å². The van der Waals surface area contributed by atoms with E-state index in [1.54, 1.807) is 0 Å². The minimum atomic E-state index is -0.336. The lowest BCUT2D eigenvalue weighted by molar-refractivity contribution is -0.123. The van der Waals surface area contributed by atoms with Gasteiger partial charge in [-0.1, -0.05) is 13.8 Å². The summed E-state index contributed by atoms with van der Waals surface area (Å²) in [6.07, 6.45) is 0.832. The number of ether oxygens (including phenoxy) is 1. The maximum atomic E-state index is 12.7. The van der Waals surface area contributed by atoms with Crippen LogP contribution in [0.15, 0.2) is 24.3 Å². The van der Waals surface area contributed by atoms with Gasteiger partial charge in [0.15, 0.2) is 6.61 Å². The molecule has 0 spiro atoms. The smallest absolute Gasteiger partial charge is 0.258 e. The first-order valence-electron chi connectivity index (χ1n) is 6.39. The van der Waals surface area contributed by atoms with E-state index < -0.39 is 0 Å². The predicted molar refractivity (Wildman–Crippen MR) is 72.3 cm³/mol. The third-order valence-electron chi connectivity index (χ3n) is 2.59. The third kappa shape index (κ3) is 6.20. The zero-order valence-corrected chi connectivity index (χ0v) is 11.4. The second kappa shape index (κ2) is 7.74. The topological polar surface area (TPSA) is 64.3 Å². The van der Waals surface area contributed by atoms with Crippen LogP contribution in [0.2, 0.25) is 0 Å². The zero-order valence-electron chi connectivity index (χ0n) is 11.4. The van der Waals surface area contributed by atoms with Gasteiger partial charge in [-0.15, -0.1) is 0 Å². The first-order valence-corrected chi connectivity index (χ1v) is 6.39. The molecule has 1 amide bonds. The molecule has 1 rings (SSSR count). The molecule has 0 aliphatic rings. The number of carbonyl (C=O) groups is 1. The number of nitrogens with one attached hydrogen (secondary N) is 1. The molecule has 0 aromatic heterocycles. The monoisotopic (exact) mass is 268 g/mol. The molecule has 1 aromatic carbocycles. The molecule has 19 heavy (non-hydrogen) atoms. The standard InChI is InChI=1S/C14H21FN2O2/c1-10(2)7-12(8-16)17-14(18)9-19-13-5-3-11(15)4-6-13/h3-6,10,12H,7-9,16H2,1-2H3,(H,17,18). The normalized spacial score (nSPS) is 12.3. The van der Waals surface area contributed by atoms with Crippen molar-refractivity contribution in [2.75, 3.05) is 13.2 Å². The second-order valence-corrected chi connectivity index (χ2v) is 4.87. The summed E-state index contributed by atoms with van der Waals surface area (Å²) in [5, 5.41) is 2.82. The van der Waals surface area contributed by atoms with E-state index in [-0.39, 0.29) is 24.4 Å². The molecule has 5 heteroatoms. The Labute approximate surface area is 113 Å². The fourth-order valence-electron chi connectivity index (χ4n) is 1.73. The number of carbonyl (C=O) groups excluding carboxylic acids is 1. The van der Waals surface area contributed by atoms with E-state index in [1.807, 2.05) is 0 Å². The molecule has 0 aliphatic carbocycles. The fourth-order valence-corrected chi connectivity index (χ4v) is 1.73. The van der Waals surface area contributed by atoms with Crippen LogP contribution in [0.4, 0.5) is 4.39 Å². The average molecular weight is 268 g/mol. The lowest BCUT2D eigenvalue weighted by Crippen LogP contribution is -2.43. The largest absolute Gasteiger partial charge is 0.484 e. The van der Waals surface area contributed by atoms with Crippen molar-refractivity contribution in [3.8, 4) is 5.75 Å². The van der Waals surface area contributed by atoms with Gasteiger partial charge in [0, 0.05) is 12.6 Å². The first kappa shape index (κ1) is 15.4. The number of benzene rings is 1. The Bertz CT molecular complexity index is 393. The summed E-state index contributed by atoms with van der Waals surface area (Å²) in [5.74, 6) is 0.369. The highest BCUT2D eigenvalue weighted by molar-refractivity contribution is 5.77. The van der Waals surface area contributed by atoms with Gasteiger partial charge >= 0.3 is 0 Å². The van der Waals surface area contributed by atoms with E-state index >= 15 is 0 Å². The highest BCUT2D eigenvalue weighted by Crippen LogP contribution is 2.10. The number of rotatable bonds is 7. The number of hydrogen-bond acceptors (Lipinski definition) is 3. The van der Waals surface area contributed by atoms with Crippen molar-refractivity contribution < 1.29 is 13.9 Å². The summed E-state index contributed by atoms with van der Waals surface area (Å²) in [7, 11) is 0. The van der Waals surface area contributed by atoms with Crippen molar-refractivity contribution in [3.63, 3.8) is 0 Å². The maximum absolute atomic E-state index is 12.7. The van der Waals surface area contributed by atoms with Crippen molar-refractivity contribution in [2.24, 2.45) is 11.7 Å². The Kier molecular flexibility index (Phi) is 6.29. The van der Waals surface area contributed by atoms with Crippen molar-refractivity contribution >= 4 is 5.91 Å². The maximum Gasteiger partial charge on any atom is 0.258 e. The molecular weight excluding hydrogens is 247 g/mol. The van der Waals surface area contributed by atoms with Crippen LogP contribution >= 0.6 is 0 Å². The Morgan fingerprint density at radius 2 is 2.00 bits per heavy atom. The quantitative estimate of drug-likeness (QED) is 0.791. The van der Waals surface area contributed by atoms with Gasteiger partial charge in [0.25, 0.3) is 5.91 Å². The molecule has 0 heterocycles. The molecule has 1 atom stereocenters. The SMILES string of the molecule is CC(C)CC(CN)NC(=O)COc1ccc(F)cc1. The lowest BCUT2D eigenvalue weighted by atomic mass is 10.0. The minimum Gasteiger partial charge on any atom is -0.484 e. The van der Waals surface area contributed by atoms with Crippen molar-refractivity contribution in [1.82, 2.24) is 5.32 Å². The van der Waals surface area contributed by atoms with Gasteiger partial charge < -0.3 is 15.8 Å². The van der Waals surface area contributed by atoms with Gasteiger partial charge in [0.2, 0.25) is 0 Å². The van der Waals surface area contributed by atoms with Crippen LogP contribution in [0.3, 0.4) is 0 Å². The molecule has 0 saturated heterocycles. The zero-order chi connectivity index (χ0) is 14.3. The van der Waals surface area contributed by atoms with E-state index in [9.17, 15) is 9.18 Å². The Morgan fingerprint density at radius 3 is 2.53 bits per heavy atom. The molecule has 0 radical (unpaired) electrons. The molecular formula is C14H21FN2O2. The van der Waals surface area contributed by atoms with Crippen LogP contribution in [-0.2, 0) is 4.79 Å². The molecule has 0 bridgehead atoms. The average Bonchev–Trinajstić information content (AvgIpc) is 2.36. The van der Waals surface area contributed by atoms with E-state index in [2.05, 4.69) is 19.2 Å². The third-order valence-corrected chi connectivity index (χ3v) is 2.59. The van der Waals surface area contributed by atoms with Gasteiger partial charge in [-0.3, -0.25) is 4.79 Å².